The third-order valence-electron chi connectivity index (χ3n) is 6.93. The molecule has 1 heterocycles. The van der Waals surface area contributed by atoms with E-state index >= 15 is 0 Å². The maximum Gasteiger partial charge on any atom is 0.311 e. The van der Waals surface area contributed by atoms with Crippen LogP contribution in [-0.4, -0.2) is 47.1 Å². The second-order valence-corrected chi connectivity index (χ2v) is 10.3. The molecule has 4 rings (SSSR count). The molecule has 0 unspecified atom stereocenters. The van der Waals surface area contributed by atoms with Gasteiger partial charge in [-0.15, -0.1) is 0 Å². The van der Waals surface area contributed by atoms with Crippen LogP contribution in [0.1, 0.15) is 60.6 Å². The Balaban J connectivity index is 1.32. The number of carboxylic acids is 1. The second-order valence-electron chi connectivity index (χ2n) is 10.3. The van der Waals surface area contributed by atoms with Crippen LogP contribution in [0.2, 0.25) is 0 Å². The van der Waals surface area contributed by atoms with Crippen LogP contribution in [0.5, 0.6) is 5.75 Å². The van der Waals surface area contributed by atoms with Gasteiger partial charge < -0.3 is 25.0 Å². The van der Waals surface area contributed by atoms with Gasteiger partial charge in [-0.25, -0.2) is 4.39 Å². The topological polar surface area (TPSA) is 88.0 Å². The van der Waals surface area contributed by atoms with Gasteiger partial charge in [-0.1, -0.05) is 24.3 Å². The fraction of sp³-hybridized carbons (Fsp3) is 0.519. The largest absolute Gasteiger partial charge is 0.488 e. The molecule has 1 aliphatic carbocycles. The first kappa shape index (κ1) is 24.6. The first-order valence-electron chi connectivity index (χ1n) is 11.8. The number of carbonyl (C=O) groups is 1. The van der Waals surface area contributed by atoms with E-state index in [-0.39, 0.29) is 36.1 Å². The fourth-order valence-electron chi connectivity index (χ4n) is 4.90. The van der Waals surface area contributed by atoms with Crippen LogP contribution in [0, 0.1) is 25.6 Å². The molecule has 1 fully saturated rings. The minimum atomic E-state index is -0.834. The summed E-state index contributed by atoms with van der Waals surface area (Å²) in [6, 6.07) is 9.19. The number of nitrogens with one attached hydrogen (secondary N) is 1. The summed E-state index contributed by atoms with van der Waals surface area (Å²) in [6.45, 7) is 10.1. The predicted octanol–water partition coefficient (Wildman–Crippen LogP) is 4.05. The van der Waals surface area contributed by atoms with Crippen LogP contribution in [-0.2, 0) is 16.0 Å². The molecular weight excluding hydrogens is 437 g/mol. The first-order chi connectivity index (χ1) is 16.0. The van der Waals surface area contributed by atoms with Gasteiger partial charge in [0.25, 0.3) is 0 Å². The summed E-state index contributed by atoms with van der Waals surface area (Å²) >= 11 is 0. The van der Waals surface area contributed by atoms with Gasteiger partial charge in [-0.05, 0) is 69.4 Å². The van der Waals surface area contributed by atoms with Crippen molar-refractivity contribution in [2.75, 3.05) is 13.2 Å². The maximum absolute atomic E-state index is 13.9. The Kier molecular flexibility index (Phi) is 6.73. The maximum atomic E-state index is 13.9. The Labute approximate surface area is 200 Å². The smallest absolute Gasteiger partial charge is 0.311 e. The zero-order valence-electron chi connectivity index (χ0n) is 20.4. The van der Waals surface area contributed by atoms with Crippen molar-refractivity contribution < 1.29 is 28.9 Å². The highest BCUT2D eigenvalue weighted by atomic mass is 19.1. The lowest BCUT2D eigenvalue weighted by Crippen LogP contribution is -2.46. The molecule has 0 amide bonds. The molecule has 1 aliphatic heterocycles. The van der Waals surface area contributed by atoms with E-state index in [1.165, 1.54) is 0 Å². The van der Waals surface area contributed by atoms with Crippen molar-refractivity contribution in [3.63, 3.8) is 0 Å². The minimum Gasteiger partial charge on any atom is -0.488 e. The normalized spacial score (nSPS) is 22.5. The molecule has 2 aromatic rings. The molecule has 0 saturated heterocycles. The predicted molar refractivity (Wildman–Crippen MR) is 127 cm³/mol. The third-order valence-corrected chi connectivity index (χ3v) is 6.93. The van der Waals surface area contributed by atoms with E-state index in [1.54, 1.807) is 19.1 Å². The zero-order valence-corrected chi connectivity index (χ0v) is 20.4. The lowest BCUT2D eigenvalue weighted by atomic mass is 9.94. The van der Waals surface area contributed by atoms with Gasteiger partial charge in [-0.3, -0.25) is 4.79 Å². The van der Waals surface area contributed by atoms with E-state index in [4.69, 9.17) is 9.47 Å². The zero-order chi connectivity index (χ0) is 24.8. The monoisotopic (exact) mass is 471 g/mol. The van der Waals surface area contributed by atoms with E-state index in [0.717, 1.165) is 28.0 Å². The molecule has 0 spiro atoms. The van der Waals surface area contributed by atoms with Crippen molar-refractivity contribution in [3.8, 4) is 5.75 Å². The highest BCUT2D eigenvalue weighted by molar-refractivity contribution is 5.79. The molecule has 1 saturated carbocycles. The fourth-order valence-corrected chi connectivity index (χ4v) is 4.90. The summed E-state index contributed by atoms with van der Waals surface area (Å²) in [6.07, 6.45) is -0.716. The number of ether oxygens (including phenoxy) is 2. The van der Waals surface area contributed by atoms with E-state index in [1.807, 2.05) is 45.9 Å². The number of aryl methyl sites for hydroxylation is 2. The molecule has 7 heteroatoms. The van der Waals surface area contributed by atoms with Crippen molar-refractivity contribution in [3.05, 3.63) is 64.0 Å². The number of aliphatic carboxylic acids is 1. The third kappa shape index (κ3) is 4.97. The highest BCUT2D eigenvalue weighted by Crippen LogP contribution is 2.61. The Morgan fingerprint density at radius 2 is 1.94 bits per heavy atom. The number of β-amino-alcohol motifs (C(OH)–C–C–N with tert-alkyl or cyclic N) is 1. The number of hydrogen-bond donors (Lipinski definition) is 3. The summed E-state index contributed by atoms with van der Waals surface area (Å²) in [5, 5.41) is 23.3. The number of benzene rings is 2. The molecule has 6 nitrogen and oxygen atoms in total. The van der Waals surface area contributed by atoms with Gasteiger partial charge in [0, 0.05) is 23.6 Å². The Morgan fingerprint density at radius 3 is 2.62 bits per heavy atom. The SMILES string of the molecule is Cc1ccc(CC(C)(C)NC[C@@H](O)CO[C@H](C)c2ccc(C)c3c2[C@@H]2[C@H](O3)[C@H]2C(=O)O)cc1F. The number of hydrogen-bond acceptors (Lipinski definition) is 5. The van der Waals surface area contributed by atoms with Gasteiger partial charge in [0.1, 0.15) is 23.6 Å². The number of aliphatic hydroxyl groups excluding tert-OH is 1. The number of fused-ring (bicyclic) bond motifs is 3. The Morgan fingerprint density at radius 1 is 1.24 bits per heavy atom. The molecule has 0 radical (unpaired) electrons. The minimum absolute atomic E-state index is 0.128. The van der Waals surface area contributed by atoms with E-state index in [9.17, 15) is 19.4 Å². The summed E-state index contributed by atoms with van der Waals surface area (Å²) in [7, 11) is 0. The summed E-state index contributed by atoms with van der Waals surface area (Å²) < 4.78 is 25.8. The number of aliphatic hydroxyl groups is 1. The van der Waals surface area contributed by atoms with Crippen molar-refractivity contribution in [2.24, 2.45) is 5.92 Å². The molecule has 0 aromatic heterocycles. The molecule has 184 valence electrons. The molecule has 34 heavy (non-hydrogen) atoms. The highest BCUT2D eigenvalue weighted by Gasteiger charge is 2.64. The molecular formula is C27H34FNO5. The molecule has 3 N–H and O–H groups in total. The quantitative estimate of drug-likeness (QED) is 0.485. The van der Waals surface area contributed by atoms with Crippen LogP contribution in [0.3, 0.4) is 0 Å². The number of halogens is 1. The molecule has 2 aromatic carbocycles. The van der Waals surface area contributed by atoms with Crippen LogP contribution in [0.15, 0.2) is 30.3 Å². The van der Waals surface area contributed by atoms with Gasteiger partial charge in [0.15, 0.2) is 0 Å². The molecule has 5 atom stereocenters. The van der Waals surface area contributed by atoms with E-state index < -0.39 is 18.0 Å². The van der Waals surface area contributed by atoms with Crippen LogP contribution < -0.4 is 10.1 Å². The average molecular weight is 472 g/mol. The average Bonchev–Trinajstić information content (AvgIpc) is 3.35. The summed E-state index contributed by atoms with van der Waals surface area (Å²) in [4.78, 5) is 11.5. The van der Waals surface area contributed by atoms with Crippen molar-refractivity contribution in [1.82, 2.24) is 5.32 Å². The van der Waals surface area contributed by atoms with Crippen molar-refractivity contribution >= 4 is 5.97 Å². The van der Waals surface area contributed by atoms with Crippen molar-refractivity contribution in [1.29, 1.82) is 0 Å². The standard InChI is InChI=1S/C27H34FNO5/c1-14-6-8-17(10-20(14)28)11-27(4,5)29-12-18(30)13-33-16(3)19-9-7-15(2)24-21(19)22-23(26(31)32)25(22)34-24/h6-10,16,18,22-23,25,29-30H,11-13H2,1-5H3,(H,31,32)/t16-,18-,22+,23+,25+/m1/s1. The Bertz CT molecular complexity index is 1080. The van der Waals surface area contributed by atoms with Crippen LogP contribution >= 0.6 is 0 Å². The van der Waals surface area contributed by atoms with E-state index in [0.29, 0.717) is 18.5 Å². The van der Waals surface area contributed by atoms with Crippen molar-refractivity contribution in [2.45, 2.75) is 70.8 Å². The summed E-state index contributed by atoms with van der Waals surface area (Å²) in [5.41, 5.74) is 4.02. The number of carboxylic acid groups (broad SMARTS) is 1. The lowest BCUT2D eigenvalue weighted by Gasteiger charge is -2.28. The number of rotatable bonds is 10. The van der Waals surface area contributed by atoms with Crippen LogP contribution in [0.25, 0.3) is 0 Å². The van der Waals surface area contributed by atoms with Crippen LogP contribution in [0.4, 0.5) is 4.39 Å². The van der Waals surface area contributed by atoms with Gasteiger partial charge in [0.2, 0.25) is 0 Å². The van der Waals surface area contributed by atoms with Gasteiger partial charge in [-0.2, -0.15) is 0 Å². The van der Waals surface area contributed by atoms with Gasteiger partial charge in [0.05, 0.1) is 18.8 Å². The van der Waals surface area contributed by atoms with Gasteiger partial charge >= 0.3 is 5.97 Å². The summed E-state index contributed by atoms with van der Waals surface area (Å²) in [5.74, 6) is -0.904. The lowest BCUT2D eigenvalue weighted by molar-refractivity contribution is -0.139. The second kappa shape index (κ2) is 9.29. The Hall–Kier alpha value is -2.48. The first-order valence-corrected chi connectivity index (χ1v) is 11.8. The molecule has 2 aliphatic rings. The molecule has 0 bridgehead atoms. The van der Waals surface area contributed by atoms with E-state index in [2.05, 4.69) is 5.32 Å².